The molecule has 0 amide bonds. The van der Waals surface area contributed by atoms with Crippen molar-refractivity contribution in [2.24, 2.45) is 5.73 Å². The molecule has 2 N–H and O–H groups in total. The van der Waals surface area contributed by atoms with Crippen LogP contribution in [0.1, 0.15) is 23.5 Å². The van der Waals surface area contributed by atoms with E-state index < -0.39 is 0 Å². The fraction of sp³-hybridized carbons (Fsp3) is 0.294. The molecule has 2 atom stereocenters. The van der Waals surface area contributed by atoms with E-state index in [1.807, 2.05) is 17.8 Å². The molecule has 0 fully saturated rings. The summed E-state index contributed by atoms with van der Waals surface area (Å²) in [7, 11) is 0. The zero-order chi connectivity index (χ0) is 13.9. The second kappa shape index (κ2) is 6.33. The van der Waals surface area contributed by atoms with Crippen LogP contribution < -0.4 is 5.73 Å². The summed E-state index contributed by atoms with van der Waals surface area (Å²) in [6, 6.07) is 17.3. The van der Waals surface area contributed by atoms with Crippen molar-refractivity contribution in [3.05, 3.63) is 64.1 Å². The topological polar surface area (TPSA) is 26.0 Å². The Kier molecular flexibility index (Phi) is 4.49. The molecule has 2 aromatic rings. The highest BCUT2D eigenvalue weighted by Crippen LogP contribution is 2.41. The van der Waals surface area contributed by atoms with Crippen molar-refractivity contribution in [2.75, 3.05) is 5.75 Å². The van der Waals surface area contributed by atoms with Gasteiger partial charge in [0.2, 0.25) is 0 Å². The molecule has 3 heteroatoms. The molecule has 2 unspecified atom stereocenters. The number of hydrogen-bond acceptors (Lipinski definition) is 2. The zero-order valence-electron chi connectivity index (χ0n) is 11.3. The molecule has 1 aliphatic rings. The number of nitrogens with two attached hydrogens (primary N) is 1. The molecule has 104 valence electrons. The highest BCUT2D eigenvalue weighted by Gasteiger charge is 2.24. The average Bonchev–Trinajstić information content (AvgIpc) is 2.85. The molecule has 1 heterocycles. The number of halogens is 1. The fourth-order valence-corrected chi connectivity index (χ4v) is 4.54. The first-order valence-electron chi connectivity index (χ1n) is 6.95. The largest absolute Gasteiger partial charge is 0.327 e. The standard InChI is InChI=1S/C17H18BrNS/c18-16-7-3-1-5-12(16)9-14(19)10-13-11-20-17-8-4-2-6-15(13)17/h1-8,13-14H,9-11,19H2. The Morgan fingerprint density at radius 3 is 2.75 bits per heavy atom. The van der Waals surface area contributed by atoms with E-state index in [9.17, 15) is 0 Å². The predicted octanol–water partition coefficient (Wildman–Crippen LogP) is 4.60. The molecular formula is C17H18BrNS. The maximum Gasteiger partial charge on any atom is 0.0207 e. The van der Waals surface area contributed by atoms with Crippen LogP contribution in [0.4, 0.5) is 0 Å². The molecule has 0 aromatic heterocycles. The summed E-state index contributed by atoms with van der Waals surface area (Å²) in [6.07, 6.45) is 2.00. The van der Waals surface area contributed by atoms with Gasteiger partial charge in [-0.1, -0.05) is 52.3 Å². The Bertz CT molecular complexity index is 599. The van der Waals surface area contributed by atoms with Gasteiger partial charge >= 0.3 is 0 Å². The Hall–Kier alpha value is -0.770. The third-order valence-corrected chi connectivity index (χ3v) is 5.85. The van der Waals surface area contributed by atoms with E-state index in [4.69, 9.17) is 5.73 Å². The van der Waals surface area contributed by atoms with Gasteiger partial charge in [0.1, 0.15) is 0 Å². The monoisotopic (exact) mass is 347 g/mol. The number of rotatable bonds is 4. The van der Waals surface area contributed by atoms with Crippen molar-refractivity contribution < 1.29 is 0 Å². The molecule has 0 radical (unpaired) electrons. The van der Waals surface area contributed by atoms with E-state index in [0.29, 0.717) is 5.92 Å². The summed E-state index contributed by atoms with van der Waals surface area (Å²) in [6.45, 7) is 0. The third-order valence-electron chi connectivity index (χ3n) is 3.83. The van der Waals surface area contributed by atoms with Gasteiger partial charge in [0.25, 0.3) is 0 Å². The van der Waals surface area contributed by atoms with Gasteiger partial charge in [-0.25, -0.2) is 0 Å². The summed E-state index contributed by atoms with van der Waals surface area (Å²) < 4.78 is 1.16. The maximum absolute atomic E-state index is 6.38. The lowest BCUT2D eigenvalue weighted by Crippen LogP contribution is -2.25. The van der Waals surface area contributed by atoms with Gasteiger partial charge in [-0.3, -0.25) is 0 Å². The van der Waals surface area contributed by atoms with Crippen LogP contribution in [0.3, 0.4) is 0 Å². The van der Waals surface area contributed by atoms with Crippen molar-refractivity contribution in [2.45, 2.75) is 29.7 Å². The molecule has 2 aromatic carbocycles. The maximum atomic E-state index is 6.38. The normalized spacial score (nSPS) is 18.8. The molecule has 1 nitrogen and oxygen atoms in total. The van der Waals surface area contributed by atoms with E-state index >= 15 is 0 Å². The van der Waals surface area contributed by atoms with E-state index in [-0.39, 0.29) is 6.04 Å². The summed E-state index contributed by atoms with van der Waals surface area (Å²) in [4.78, 5) is 1.44. The summed E-state index contributed by atoms with van der Waals surface area (Å²) >= 11 is 5.57. The molecular weight excluding hydrogens is 330 g/mol. The molecule has 0 saturated heterocycles. The lowest BCUT2D eigenvalue weighted by Gasteiger charge is -2.17. The van der Waals surface area contributed by atoms with Crippen molar-refractivity contribution in [1.29, 1.82) is 0 Å². The molecule has 20 heavy (non-hydrogen) atoms. The van der Waals surface area contributed by atoms with Gasteiger partial charge in [0.15, 0.2) is 0 Å². The van der Waals surface area contributed by atoms with Crippen LogP contribution >= 0.6 is 27.7 Å². The van der Waals surface area contributed by atoms with Crippen LogP contribution in [0.5, 0.6) is 0 Å². The lowest BCUT2D eigenvalue weighted by atomic mass is 9.91. The number of benzene rings is 2. The van der Waals surface area contributed by atoms with Crippen molar-refractivity contribution in [3.63, 3.8) is 0 Å². The van der Waals surface area contributed by atoms with Crippen LogP contribution in [0.2, 0.25) is 0 Å². The summed E-state index contributed by atoms with van der Waals surface area (Å²) in [5, 5.41) is 0. The average molecular weight is 348 g/mol. The quantitative estimate of drug-likeness (QED) is 0.874. The smallest absolute Gasteiger partial charge is 0.0207 e. The van der Waals surface area contributed by atoms with E-state index in [2.05, 4.69) is 58.4 Å². The minimum Gasteiger partial charge on any atom is -0.327 e. The van der Waals surface area contributed by atoms with E-state index in [1.165, 1.54) is 21.8 Å². The highest BCUT2D eigenvalue weighted by molar-refractivity contribution is 9.10. The first-order chi connectivity index (χ1) is 9.74. The molecule has 0 bridgehead atoms. The zero-order valence-corrected chi connectivity index (χ0v) is 13.7. The number of hydrogen-bond donors (Lipinski definition) is 1. The van der Waals surface area contributed by atoms with Crippen molar-refractivity contribution >= 4 is 27.7 Å². The minimum atomic E-state index is 0.213. The number of thioether (sulfide) groups is 1. The lowest BCUT2D eigenvalue weighted by molar-refractivity contribution is 0.553. The molecule has 0 aliphatic carbocycles. The van der Waals surface area contributed by atoms with Crippen molar-refractivity contribution in [1.82, 2.24) is 0 Å². The van der Waals surface area contributed by atoms with Crippen molar-refractivity contribution in [3.8, 4) is 0 Å². The van der Waals surface area contributed by atoms with Crippen LogP contribution in [0, 0.1) is 0 Å². The van der Waals surface area contributed by atoms with Gasteiger partial charge in [-0.05, 0) is 42.0 Å². The predicted molar refractivity (Wildman–Crippen MR) is 90.3 cm³/mol. The molecule has 0 spiro atoms. The molecule has 0 saturated carbocycles. The van der Waals surface area contributed by atoms with Gasteiger partial charge < -0.3 is 5.73 Å². The van der Waals surface area contributed by atoms with Gasteiger partial charge in [-0.15, -0.1) is 11.8 Å². The SMILES string of the molecule is NC(Cc1ccccc1Br)CC1CSc2ccccc21. The molecule has 3 rings (SSSR count). The highest BCUT2D eigenvalue weighted by atomic mass is 79.9. The summed E-state index contributed by atoms with van der Waals surface area (Å²) in [5.74, 6) is 1.77. The Morgan fingerprint density at radius 1 is 1.15 bits per heavy atom. The van der Waals surface area contributed by atoms with Gasteiger partial charge in [0, 0.05) is 21.2 Å². The van der Waals surface area contributed by atoms with E-state index in [1.54, 1.807) is 0 Å². The first-order valence-corrected chi connectivity index (χ1v) is 8.72. The second-order valence-electron chi connectivity index (χ2n) is 5.34. The Morgan fingerprint density at radius 2 is 1.90 bits per heavy atom. The minimum absolute atomic E-state index is 0.213. The van der Waals surface area contributed by atoms with Crippen LogP contribution in [0.15, 0.2) is 57.9 Å². The molecule has 1 aliphatic heterocycles. The van der Waals surface area contributed by atoms with Gasteiger partial charge in [-0.2, -0.15) is 0 Å². The third kappa shape index (κ3) is 3.11. The Balaban J connectivity index is 1.66. The first kappa shape index (κ1) is 14.2. The second-order valence-corrected chi connectivity index (χ2v) is 7.25. The van der Waals surface area contributed by atoms with Gasteiger partial charge in [0.05, 0.1) is 0 Å². The van der Waals surface area contributed by atoms with E-state index in [0.717, 1.165) is 17.3 Å². The van der Waals surface area contributed by atoms with Crippen LogP contribution in [-0.2, 0) is 6.42 Å². The number of fused-ring (bicyclic) bond motifs is 1. The summed E-state index contributed by atoms with van der Waals surface area (Å²) in [5.41, 5.74) is 9.17. The Labute approximate surface area is 133 Å². The van der Waals surface area contributed by atoms with Crippen LogP contribution in [-0.4, -0.2) is 11.8 Å². The van der Waals surface area contributed by atoms with Crippen LogP contribution in [0.25, 0.3) is 0 Å². The fourth-order valence-electron chi connectivity index (χ4n) is 2.82.